The molecule has 0 amide bonds. The average molecular weight is 234 g/mol. The number of anilines is 1. The molecular weight excluding hydrogens is 212 g/mol. The molecule has 1 atom stereocenters. The molecule has 1 aliphatic heterocycles. The van der Waals surface area contributed by atoms with Crippen LogP contribution in [0.5, 0.6) is 5.75 Å². The van der Waals surface area contributed by atoms with Crippen LogP contribution >= 0.6 is 0 Å². The molecule has 1 unspecified atom stereocenters. The summed E-state index contributed by atoms with van der Waals surface area (Å²) < 4.78 is 0. The zero-order valence-electron chi connectivity index (χ0n) is 10.5. The molecule has 0 saturated carbocycles. The van der Waals surface area contributed by atoms with Crippen LogP contribution in [0.1, 0.15) is 31.7 Å². The monoisotopic (exact) mass is 234 g/mol. The Kier molecular flexibility index (Phi) is 3.89. The average Bonchev–Trinajstić information content (AvgIpc) is 2.34. The van der Waals surface area contributed by atoms with Gasteiger partial charge in [-0.25, -0.2) is 0 Å². The van der Waals surface area contributed by atoms with Crippen LogP contribution in [0.4, 0.5) is 5.69 Å². The smallest absolute Gasteiger partial charge is 0.138 e. The number of benzene rings is 1. The zero-order chi connectivity index (χ0) is 12.3. The van der Waals surface area contributed by atoms with Crippen molar-refractivity contribution in [3.63, 3.8) is 0 Å². The second-order valence-corrected chi connectivity index (χ2v) is 5.04. The van der Waals surface area contributed by atoms with E-state index in [9.17, 15) is 5.11 Å². The van der Waals surface area contributed by atoms with Crippen LogP contribution in [0.2, 0.25) is 0 Å². The number of hydrogen-bond donors (Lipinski definition) is 2. The number of nitrogens with zero attached hydrogens (tertiary/aromatic N) is 1. The first-order valence-electron chi connectivity index (χ1n) is 6.48. The number of likely N-dealkylation sites (tertiary alicyclic amines) is 1. The van der Waals surface area contributed by atoms with Crippen LogP contribution in [0.25, 0.3) is 0 Å². The molecule has 2 rings (SSSR count). The van der Waals surface area contributed by atoms with Crippen LogP contribution in [-0.4, -0.2) is 23.1 Å². The lowest BCUT2D eigenvalue weighted by molar-refractivity contribution is 0.165. The van der Waals surface area contributed by atoms with Crippen molar-refractivity contribution >= 4 is 5.69 Å². The third kappa shape index (κ3) is 3.13. The maximum Gasteiger partial charge on any atom is 0.138 e. The van der Waals surface area contributed by atoms with Crippen LogP contribution < -0.4 is 5.73 Å². The number of nitrogens with two attached hydrogens (primary N) is 1. The molecule has 94 valence electrons. The highest BCUT2D eigenvalue weighted by Gasteiger charge is 2.18. The first-order chi connectivity index (χ1) is 8.19. The molecule has 3 N–H and O–H groups in total. The molecule has 0 aliphatic carbocycles. The van der Waals surface area contributed by atoms with Gasteiger partial charge in [0.1, 0.15) is 5.75 Å². The van der Waals surface area contributed by atoms with E-state index in [1.807, 2.05) is 12.1 Å². The van der Waals surface area contributed by atoms with Crippen molar-refractivity contribution in [2.75, 3.05) is 18.8 Å². The highest BCUT2D eigenvalue weighted by molar-refractivity contribution is 5.53. The highest BCUT2D eigenvalue weighted by Crippen LogP contribution is 2.24. The number of aromatic hydroxyl groups is 1. The van der Waals surface area contributed by atoms with Gasteiger partial charge in [0, 0.05) is 13.1 Å². The maximum absolute atomic E-state index is 9.39. The van der Waals surface area contributed by atoms with Crippen LogP contribution in [0, 0.1) is 5.92 Å². The minimum absolute atomic E-state index is 0.179. The molecule has 0 bridgehead atoms. The summed E-state index contributed by atoms with van der Waals surface area (Å²) in [6.07, 6.45) is 3.94. The van der Waals surface area contributed by atoms with E-state index < -0.39 is 0 Å². The fraction of sp³-hybridized carbons (Fsp3) is 0.571. The summed E-state index contributed by atoms with van der Waals surface area (Å²) in [5, 5.41) is 9.39. The van der Waals surface area contributed by atoms with Gasteiger partial charge in [0.2, 0.25) is 0 Å². The standard InChI is InChI=1S/C14H22N2O/c1-2-11-4-3-7-16(9-11)10-12-5-6-14(17)13(15)8-12/h5-6,8,11,17H,2-4,7,9-10,15H2,1H3. The fourth-order valence-corrected chi connectivity index (χ4v) is 2.59. The van der Waals surface area contributed by atoms with Crippen molar-refractivity contribution in [2.45, 2.75) is 32.7 Å². The lowest BCUT2D eigenvalue weighted by Gasteiger charge is -2.32. The van der Waals surface area contributed by atoms with Gasteiger partial charge in [0.25, 0.3) is 0 Å². The summed E-state index contributed by atoms with van der Waals surface area (Å²) in [5.41, 5.74) is 7.38. The summed E-state index contributed by atoms with van der Waals surface area (Å²) in [4.78, 5) is 2.49. The minimum atomic E-state index is 0.179. The molecular formula is C14H22N2O. The highest BCUT2D eigenvalue weighted by atomic mass is 16.3. The minimum Gasteiger partial charge on any atom is -0.506 e. The van der Waals surface area contributed by atoms with Crippen molar-refractivity contribution in [1.29, 1.82) is 0 Å². The van der Waals surface area contributed by atoms with Crippen molar-refractivity contribution in [3.8, 4) is 5.75 Å². The van der Waals surface area contributed by atoms with Gasteiger partial charge in [0.15, 0.2) is 0 Å². The first kappa shape index (κ1) is 12.2. The predicted octanol–water partition coefficient (Wildman–Crippen LogP) is 2.60. The van der Waals surface area contributed by atoms with Crippen molar-refractivity contribution in [2.24, 2.45) is 5.92 Å². The summed E-state index contributed by atoms with van der Waals surface area (Å²) in [7, 11) is 0. The maximum atomic E-state index is 9.39. The number of phenols is 1. The summed E-state index contributed by atoms with van der Waals surface area (Å²) in [6.45, 7) is 5.59. The summed E-state index contributed by atoms with van der Waals surface area (Å²) in [5.74, 6) is 1.03. The molecule has 1 aromatic rings. The molecule has 0 aromatic heterocycles. The van der Waals surface area contributed by atoms with Gasteiger partial charge in [0.05, 0.1) is 5.69 Å². The summed E-state index contributed by atoms with van der Waals surface area (Å²) >= 11 is 0. The SMILES string of the molecule is CCC1CCCN(Cc2ccc(O)c(N)c2)C1. The Morgan fingerprint density at radius 2 is 2.29 bits per heavy atom. The Morgan fingerprint density at radius 3 is 3.00 bits per heavy atom. The molecule has 1 aliphatic rings. The van der Waals surface area contributed by atoms with Gasteiger partial charge >= 0.3 is 0 Å². The normalized spacial score (nSPS) is 21.6. The second-order valence-electron chi connectivity index (χ2n) is 5.04. The van der Waals surface area contributed by atoms with E-state index in [0.717, 1.165) is 12.5 Å². The van der Waals surface area contributed by atoms with E-state index in [0.29, 0.717) is 5.69 Å². The fourth-order valence-electron chi connectivity index (χ4n) is 2.59. The number of rotatable bonds is 3. The predicted molar refractivity (Wildman–Crippen MR) is 70.8 cm³/mol. The Bertz CT molecular complexity index is 378. The second kappa shape index (κ2) is 5.41. The molecule has 0 radical (unpaired) electrons. The zero-order valence-corrected chi connectivity index (χ0v) is 10.5. The largest absolute Gasteiger partial charge is 0.506 e. The van der Waals surface area contributed by atoms with Gasteiger partial charge in [-0.05, 0) is 43.0 Å². The first-order valence-corrected chi connectivity index (χ1v) is 6.48. The lowest BCUT2D eigenvalue weighted by Crippen LogP contribution is -2.34. The molecule has 3 nitrogen and oxygen atoms in total. The molecule has 1 heterocycles. The number of piperidine rings is 1. The van der Waals surface area contributed by atoms with Crippen molar-refractivity contribution in [3.05, 3.63) is 23.8 Å². The molecule has 3 heteroatoms. The van der Waals surface area contributed by atoms with Crippen LogP contribution in [0.15, 0.2) is 18.2 Å². The number of phenolic OH excluding ortho intramolecular Hbond substituents is 1. The molecule has 0 spiro atoms. The van der Waals surface area contributed by atoms with Gasteiger partial charge in [-0.15, -0.1) is 0 Å². The third-order valence-corrected chi connectivity index (χ3v) is 3.68. The lowest BCUT2D eigenvalue weighted by atomic mass is 9.95. The number of hydrogen-bond acceptors (Lipinski definition) is 3. The molecule has 1 saturated heterocycles. The Balaban J connectivity index is 1.97. The Hall–Kier alpha value is -1.22. The molecule has 1 fully saturated rings. The van der Waals surface area contributed by atoms with E-state index in [2.05, 4.69) is 11.8 Å². The molecule has 17 heavy (non-hydrogen) atoms. The summed E-state index contributed by atoms with van der Waals surface area (Å²) in [6, 6.07) is 5.53. The van der Waals surface area contributed by atoms with Crippen LogP contribution in [-0.2, 0) is 6.54 Å². The van der Waals surface area contributed by atoms with Gasteiger partial charge in [-0.2, -0.15) is 0 Å². The van der Waals surface area contributed by atoms with Crippen LogP contribution in [0.3, 0.4) is 0 Å². The number of nitrogen functional groups attached to an aromatic ring is 1. The van der Waals surface area contributed by atoms with E-state index in [4.69, 9.17) is 5.73 Å². The Labute approximate surface area is 103 Å². The van der Waals surface area contributed by atoms with Gasteiger partial charge in [-0.1, -0.05) is 19.4 Å². The van der Waals surface area contributed by atoms with Crippen molar-refractivity contribution < 1.29 is 5.11 Å². The van der Waals surface area contributed by atoms with Gasteiger partial charge in [-0.3, -0.25) is 4.90 Å². The van der Waals surface area contributed by atoms with E-state index >= 15 is 0 Å². The van der Waals surface area contributed by atoms with Gasteiger partial charge < -0.3 is 10.8 Å². The van der Waals surface area contributed by atoms with E-state index in [-0.39, 0.29) is 5.75 Å². The van der Waals surface area contributed by atoms with Crippen molar-refractivity contribution in [1.82, 2.24) is 4.90 Å². The molecule has 1 aromatic carbocycles. The third-order valence-electron chi connectivity index (χ3n) is 3.68. The van der Waals surface area contributed by atoms with E-state index in [1.165, 1.54) is 37.9 Å². The Morgan fingerprint density at radius 1 is 1.47 bits per heavy atom. The van der Waals surface area contributed by atoms with E-state index in [1.54, 1.807) is 6.07 Å². The topological polar surface area (TPSA) is 49.5 Å². The quantitative estimate of drug-likeness (QED) is 0.624.